The van der Waals surface area contributed by atoms with Gasteiger partial charge in [-0.1, -0.05) is 17.5 Å². The van der Waals surface area contributed by atoms with Gasteiger partial charge in [0.1, 0.15) is 10.8 Å². The molecule has 0 radical (unpaired) electrons. The van der Waals surface area contributed by atoms with Crippen molar-refractivity contribution in [3.8, 4) is 11.8 Å². The van der Waals surface area contributed by atoms with Gasteiger partial charge in [0.05, 0.1) is 12.8 Å². The van der Waals surface area contributed by atoms with Gasteiger partial charge in [-0.15, -0.1) is 0 Å². The Bertz CT molecular complexity index is 538. The van der Waals surface area contributed by atoms with Crippen LogP contribution in [0.4, 0.5) is 0 Å². The summed E-state index contributed by atoms with van der Waals surface area (Å²) in [5.74, 6) is 5.67. The third-order valence-electron chi connectivity index (χ3n) is 1.78. The number of hydrogen-bond acceptors (Lipinski definition) is 3. The molecule has 0 aliphatic carbocycles. The number of halogens is 1. The van der Waals surface area contributed by atoms with E-state index < -0.39 is 0 Å². The van der Waals surface area contributed by atoms with E-state index in [4.69, 9.17) is 16.7 Å². The molecule has 15 heavy (non-hydrogen) atoms. The number of aromatic nitrogens is 3. The largest absolute Gasteiger partial charge is 0.395 e. The Morgan fingerprint density at radius 1 is 1.47 bits per heavy atom. The Kier molecular flexibility index (Phi) is 2.86. The Morgan fingerprint density at radius 2 is 2.33 bits per heavy atom. The Morgan fingerprint density at radius 3 is 3.13 bits per heavy atom. The fraction of sp³-hybridized carbons (Fsp3) is 0.200. The van der Waals surface area contributed by atoms with Gasteiger partial charge in [0.2, 0.25) is 0 Å². The van der Waals surface area contributed by atoms with Gasteiger partial charge in [-0.2, -0.15) is 5.10 Å². The molecule has 76 valence electrons. The number of nitrogens with zero attached hydrogens (tertiary/aromatic N) is 3. The van der Waals surface area contributed by atoms with Crippen LogP contribution in [0.25, 0.3) is 5.65 Å². The second-order valence-electron chi connectivity index (χ2n) is 2.84. The topological polar surface area (TPSA) is 50.4 Å². The minimum absolute atomic E-state index is 0.0535. The van der Waals surface area contributed by atoms with E-state index >= 15 is 0 Å². The molecule has 2 aromatic rings. The molecule has 2 aromatic heterocycles. The predicted molar refractivity (Wildman–Crippen MR) is 56.6 cm³/mol. The van der Waals surface area contributed by atoms with E-state index in [1.165, 1.54) is 0 Å². The van der Waals surface area contributed by atoms with E-state index in [2.05, 4.69) is 21.9 Å². The van der Waals surface area contributed by atoms with Gasteiger partial charge in [0.25, 0.3) is 0 Å². The Hall–Kier alpha value is -1.57. The molecule has 2 heterocycles. The highest BCUT2D eigenvalue weighted by molar-refractivity contribution is 6.29. The first-order valence-corrected chi connectivity index (χ1v) is 4.79. The van der Waals surface area contributed by atoms with Crippen LogP contribution in [0.3, 0.4) is 0 Å². The van der Waals surface area contributed by atoms with Crippen molar-refractivity contribution in [1.82, 2.24) is 14.6 Å². The molecule has 0 aromatic carbocycles. The smallest absolute Gasteiger partial charge is 0.155 e. The van der Waals surface area contributed by atoms with E-state index in [1.54, 1.807) is 22.8 Å². The summed E-state index contributed by atoms with van der Waals surface area (Å²) in [4.78, 5) is 4.12. The summed E-state index contributed by atoms with van der Waals surface area (Å²) in [6.07, 6.45) is 2.07. The van der Waals surface area contributed by atoms with Crippen molar-refractivity contribution < 1.29 is 5.11 Å². The number of hydrogen-bond donors (Lipinski definition) is 1. The molecule has 2 rings (SSSR count). The lowest BCUT2D eigenvalue weighted by atomic mass is 10.4. The average Bonchev–Trinajstić information content (AvgIpc) is 2.62. The zero-order valence-corrected chi connectivity index (χ0v) is 8.57. The maximum atomic E-state index is 8.59. The van der Waals surface area contributed by atoms with Crippen molar-refractivity contribution >= 4 is 17.2 Å². The van der Waals surface area contributed by atoms with Crippen LogP contribution in [0.15, 0.2) is 18.3 Å². The van der Waals surface area contributed by atoms with Crippen molar-refractivity contribution in [2.24, 2.45) is 0 Å². The van der Waals surface area contributed by atoms with Crippen molar-refractivity contribution in [3.05, 3.63) is 29.2 Å². The van der Waals surface area contributed by atoms with Crippen molar-refractivity contribution in [1.29, 1.82) is 0 Å². The lowest BCUT2D eigenvalue weighted by molar-refractivity contribution is 0.305. The number of fused-ring (bicyclic) bond motifs is 1. The molecule has 0 atom stereocenters. The molecule has 1 N–H and O–H groups in total. The minimum atomic E-state index is 0.0535. The quantitative estimate of drug-likeness (QED) is 0.735. The summed E-state index contributed by atoms with van der Waals surface area (Å²) in [6, 6.07) is 3.45. The third kappa shape index (κ3) is 2.09. The van der Waals surface area contributed by atoms with Crippen LogP contribution in [0.2, 0.25) is 5.15 Å². The molecule has 0 saturated carbocycles. The van der Waals surface area contributed by atoms with Gasteiger partial charge in [-0.25, -0.2) is 9.50 Å². The molecule has 0 unspecified atom stereocenters. The van der Waals surface area contributed by atoms with Gasteiger partial charge in [0, 0.05) is 6.42 Å². The number of aliphatic hydroxyl groups excluding tert-OH is 1. The fourth-order valence-corrected chi connectivity index (χ4v) is 1.28. The van der Waals surface area contributed by atoms with Crippen molar-refractivity contribution in [3.63, 3.8) is 0 Å². The zero-order chi connectivity index (χ0) is 10.7. The van der Waals surface area contributed by atoms with Crippen LogP contribution in [-0.4, -0.2) is 26.3 Å². The predicted octanol–water partition coefficient (Wildman–Crippen LogP) is 1.12. The SMILES string of the molecule is OCCC#Cc1cnc2ccc(Cl)nn12. The van der Waals surface area contributed by atoms with E-state index in [1.807, 2.05) is 0 Å². The van der Waals surface area contributed by atoms with Gasteiger partial charge < -0.3 is 5.11 Å². The second kappa shape index (κ2) is 4.30. The maximum Gasteiger partial charge on any atom is 0.155 e. The molecule has 4 nitrogen and oxygen atoms in total. The van der Waals surface area contributed by atoms with Gasteiger partial charge in [-0.05, 0) is 18.1 Å². The first kappa shape index (κ1) is 9.97. The van der Waals surface area contributed by atoms with Crippen LogP contribution in [-0.2, 0) is 0 Å². The van der Waals surface area contributed by atoms with Crippen LogP contribution in [0.1, 0.15) is 12.1 Å². The molecule has 0 bridgehead atoms. The molecule has 0 aliphatic rings. The van der Waals surface area contributed by atoms with Crippen LogP contribution < -0.4 is 0 Å². The maximum absolute atomic E-state index is 8.59. The first-order valence-electron chi connectivity index (χ1n) is 4.41. The molecule has 0 saturated heterocycles. The number of aliphatic hydroxyl groups is 1. The molecule has 5 heteroatoms. The second-order valence-corrected chi connectivity index (χ2v) is 3.23. The average molecular weight is 222 g/mol. The Balaban J connectivity index is 2.45. The lowest BCUT2D eigenvalue weighted by Gasteiger charge is -1.93. The molecular weight excluding hydrogens is 214 g/mol. The number of imidazole rings is 1. The highest BCUT2D eigenvalue weighted by Crippen LogP contribution is 2.08. The summed E-state index contributed by atoms with van der Waals surface area (Å²) in [5.41, 5.74) is 1.37. The fourth-order valence-electron chi connectivity index (χ4n) is 1.15. The standard InChI is InChI=1S/C10H8ClN3O/c11-9-4-5-10-12-7-8(14(10)13-9)3-1-2-6-15/h4-5,7,15H,2,6H2. The number of rotatable bonds is 1. The van der Waals surface area contributed by atoms with E-state index in [0.717, 1.165) is 0 Å². The summed E-state index contributed by atoms with van der Waals surface area (Å²) >= 11 is 5.76. The Labute approximate surface area is 91.5 Å². The van der Waals surface area contributed by atoms with Crippen LogP contribution >= 0.6 is 11.6 Å². The van der Waals surface area contributed by atoms with Gasteiger partial charge in [0.15, 0.2) is 5.65 Å². The van der Waals surface area contributed by atoms with E-state index in [9.17, 15) is 0 Å². The first-order chi connectivity index (χ1) is 7.31. The minimum Gasteiger partial charge on any atom is -0.395 e. The monoisotopic (exact) mass is 221 g/mol. The molecule has 0 aliphatic heterocycles. The summed E-state index contributed by atoms with van der Waals surface area (Å²) in [5, 5.41) is 13.1. The molecule has 0 spiro atoms. The summed E-state index contributed by atoms with van der Waals surface area (Å²) in [6.45, 7) is 0.0535. The zero-order valence-electron chi connectivity index (χ0n) is 7.81. The highest BCUT2D eigenvalue weighted by atomic mass is 35.5. The van der Waals surface area contributed by atoms with Crippen LogP contribution in [0, 0.1) is 11.8 Å². The molecule has 0 fully saturated rings. The van der Waals surface area contributed by atoms with Gasteiger partial charge in [-0.3, -0.25) is 0 Å². The lowest BCUT2D eigenvalue weighted by Crippen LogP contribution is -1.94. The summed E-state index contributed by atoms with van der Waals surface area (Å²) in [7, 11) is 0. The van der Waals surface area contributed by atoms with Gasteiger partial charge >= 0.3 is 0 Å². The van der Waals surface area contributed by atoms with Crippen molar-refractivity contribution in [2.45, 2.75) is 6.42 Å². The molecule has 0 amide bonds. The highest BCUT2D eigenvalue weighted by Gasteiger charge is 2.01. The third-order valence-corrected chi connectivity index (χ3v) is 1.98. The van der Waals surface area contributed by atoms with Crippen LogP contribution in [0.5, 0.6) is 0 Å². The van der Waals surface area contributed by atoms with Crippen molar-refractivity contribution in [2.75, 3.05) is 6.61 Å². The van der Waals surface area contributed by atoms with E-state index in [-0.39, 0.29) is 6.61 Å². The normalized spacial score (nSPS) is 10.0. The summed E-state index contributed by atoms with van der Waals surface area (Å²) < 4.78 is 1.58. The molecular formula is C10H8ClN3O. The van der Waals surface area contributed by atoms with E-state index in [0.29, 0.717) is 22.9 Å².